The van der Waals surface area contributed by atoms with Gasteiger partial charge in [0.15, 0.2) is 0 Å². The molecule has 21 heavy (non-hydrogen) atoms. The maximum atomic E-state index is 11.6. The molecule has 3 heteroatoms. The van der Waals surface area contributed by atoms with Gasteiger partial charge < -0.3 is 10.1 Å². The van der Waals surface area contributed by atoms with Gasteiger partial charge in [0.1, 0.15) is 11.9 Å². The smallest absolute Gasteiger partial charge is 0.244 e. The van der Waals surface area contributed by atoms with E-state index in [2.05, 4.69) is 38.2 Å². The van der Waals surface area contributed by atoms with Crippen LogP contribution in [0.3, 0.4) is 0 Å². The van der Waals surface area contributed by atoms with Crippen molar-refractivity contribution in [1.29, 1.82) is 0 Å². The van der Waals surface area contributed by atoms with Gasteiger partial charge in [0.25, 0.3) is 0 Å². The molecule has 0 fully saturated rings. The predicted molar refractivity (Wildman–Crippen MR) is 85.7 cm³/mol. The van der Waals surface area contributed by atoms with Crippen LogP contribution in [0.2, 0.25) is 0 Å². The molecular weight excluding hydrogens is 262 g/mol. The van der Waals surface area contributed by atoms with Crippen molar-refractivity contribution in [3.63, 3.8) is 0 Å². The summed E-state index contributed by atoms with van der Waals surface area (Å²) in [5.74, 6) is 0.898. The minimum Gasteiger partial charge on any atom is -0.488 e. The van der Waals surface area contributed by atoms with E-state index in [0.717, 1.165) is 17.7 Å². The number of nitrogens with one attached hydrogen (secondary N) is 1. The molecule has 2 rings (SSSR count). The average molecular weight is 287 g/mol. The summed E-state index contributed by atoms with van der Waals surface area (Å²) in [4.78, 5) is 11.6. The molecule has 114 valence electrons. The summed E-state index contributed by atoms with van der Waals surface area (Å²) in [5, 5.41) is 2.90. The molecule has 1 heterocycles. The van der Waals surface area contributed by atoms with Crippen LogP contribution in [0, 0.1) is 0 Å². The SMILES string of the molecule is CC(C)=CC(=O)NCC1Cc2cc(C(C)(C)C)ccc2O1. The molecule has 1 aliphatic heterocycles. The van der Waals surface area contributed by atoms with Crippen LogP contribution in [0.15, 0.2) is 29.8 Å². The van der Waals surface area contributed by atoms with Gasteiger partial charge in [-0.2, -0.15) is 0 Å². The molecule has 1 aromatic rings. The minimum atomic E-state index is -0.0510. The number of rotatable bonds is 3. The van der Waals surface area contributed by atoms with Gasteiger partial charge in [0.05, 0.1) is 6.54 Å². The summed E-state index contributed by atoms with van der Waals surface area (Å²) in [6, 6.07) is 6.41. The van der Waals surface area contributed by atoms with Crippen LogP contribution in [0.25, 0.3) is 0 Å². The summed E-state index contributed by atoms with van der Waals surface area (Å²) in [6.07, 6.45) is 2.50. The molecule has 0 bridgehead atoms. The Labute approximate surface area is 127 Å². The predicted octanol–water partition coefficient (Wildman–Crippen LogP) is 3.37. The number of benzene rings is 1. The molecule has 1 unspecified atom stereocenters. The highest BCUT2D eigenvalue weighted by molar-refractivity contribution is 5.88. The lowest BCUT2D eigenvalue weighted by atomic mass is 9.86. The second kappa shape index (κ2) is 5.92. The van der Waals surface area contributed by atoms with Crippen LogP contribution in [-0.2, 0) is 16.6 Å². The van der Waals surface area contributed by atoms with E-state index >= 15 is 0 Å². The summed E-state index contributed by atoms with van der Waals surface area (Å²) in [7, 11) is 0. The van der Waals surface area contributed by atoms with Crippen LogP contribution in [0.1, 0.15) is 45.7 Å². The highest BCUT2D eigenvalue weighted by atomic mass is 16.5. The van der Waals surface area contributed by atoms with E-state index in [9.17, 15) is 4.79 Å². The first kappa shape index (κ1) is 15.6. The van der Waals surface area contributed by atoms with E-state index in [4.69, 9.17) is 4.74 Å². The summed E-state index contributed by atoms with van der Waals surface area (Å²) < 4.78 is 5.89. The zero-order chi connectivity index (χ0) is 15.6. The molecule has 0 radical (unpaired) electrons. The van der Waals surface area contributed by atoms with Crippen LogP contribution in [0.4, 0.5) is 0 Å². The van der Waals surface area contributed by atoms with Gasteiger partial charge in [0, 0.05) is 12.5 Å². The highest BCUT2D eigenvalue weighted by Crippen LogP contribution is 2.33. The second-order valence-electron chi connectivity index (χ2n) is 6.98. The highest BCUT2D eigenvalue weighted by Gasteiger charge is 2.25. The van der Waals surface area contributed by atoms with E-state index in [1.807, 2.05) is 19.9 Å². The summed E-state index contributed by atoms with van der Waals surface area (Å²) >= 11 is 0. The summed E-state index contributed by atoms with van der Waals surface area (Å²) in [6.45, 7) is 11.0. The Kier molecular flexibility index (Phi) is 4.40. The Morgan fingerprint density at radius 1 is 1.38 bits per heavy atom. The van der Waals surface area contributed by atoms with Crippen molar-refractivity contribution in [3.05, 3.63) is 41.0 Å². The molecule has 1 N–H and O–H groups in total. The fourth-order valence-corrected chi connectivity index (χ4v) is 2.43. The third-order valence-corrected chi connectivity index (χ3v) is 3.59. The Morgan fingerprint density at radius 2 is 2.10 bits per heavy atom. The van der Waals surface area contributed by atoms with Crippen LogP contribution in [-0.4, -0.2) is 18.6 Å². The lowest BCUT2D eigenvalue weighted by Gasteiger charge is -2.19. The van der Waals surface area contributed by atoms with Crippen molar-refractivity contribution in [2.75, 3.05) is 6.54 Å². The Hall–Kier alpha value is -1.77. The van der Waals surface area contributed by atoms with Crippen molar-refractivity contribution in [3.8, 4) is 5.75 Å². The monoisotopic (exact) mass is 287 g/mol. The van der Waals surface area contributed by atoms with Gasteiger partial charge in [-0.1, -0.05) is 38.5 Å². The third-order valence-electron chi connectivity index (χ3n) is 3.59. The molecule has 1 aliphatic rings. The van der Waals surface area contributed by atoms with Crippen LogP contribution in [0.5, 0.6) is 5.75 Å². The lowest BCUT2D eigenvalue weighted by Crippen LogP contribution is -2.33. The Morgan fingerprint density at radius 3 is 2.71 bits per heavy atom. The van der Waals surface area contributed by atoms with Gasteiger partial charge in [-0.3, -0.25) is 4.79 Å². The number of fused-ring (bicyclic) bond motifs is 1. The molecule has 0 aromatic heterocycles. The molecule has 0 saturated carbocycles. The number of hydrogen-bond donors (Lipinski definition) is 1. The third kappa shape index (κ3) is 4.10. The van der Waals surface area contributed by atoms with Gasteiger partial charge in [-0.25, -0.2) is 0 Å². The van der Waals surface area contributed by atoms with Crippen LogP contribution < -0.4 is 10.1 Å². The van der Waals surface area contributed by atoms with Crippen molar-refractivity contribution in [2.24, 2.45) is 0 Å². The standard InChI is InChI=1S/C18H25NO2/c1-12(2)8-17(20)19-11-15-10-13-9-14(18(3,4)5)6-7-16(13)21-15/h6-9,15H,10-11H2,1-5H3,(H,19,20). The van der Waals surface area contributed by atoms with E-state index in [1.54, 1.807) is 6.08 Å². The number of carbonyl (C=O) groups is 1. The number of carbonyl (C=O) groups excluding carboxylic acids is 1. The molecule has 1 atom stereocenters. The topological polar surface area (TPSA) is 38.3 Å². The second-order valence-corrected chi connectivity index (χ2v) is 6.98. The Bertz CT molecular complexity index is 563. The largest absolute Gasteiger partial charge is 0.488 e. The fraction of sp³-hybridized carbons (Fsp3) is 0.500. The summed E-state index contributed by atoms with van der Waals surface area (Å²) in [5.41, 5.74) is 3.70. The maximum Gasteiger partial charge on any atom is 0.244 e. The van der Waals surface area contributed by atoms with Gasteiger partial charge >= 0.3 is 0 Å². The van der Waals surface area contributed by atoms with E-state index in [-0.39, 0.29) is 17.4 Å². The van der Waals surface area contributed by atoms with E-state index in [0.29, 0.717) is 6.54 Å². The quantitative estimate of drug-likeness (QED) is 0.866. The molecule has 1 amide bonds. The van der Waals surface area contributed by atoms with Crippen molar-refractivity contribution in [2.45, 2.75) is 52.6 Å². The molecule has 0 saturated heterocycles. The zero-order valence-corrected chi connectivity index (χ0v) is 13.6. The van der Waals surface area contributed by atoms with E-state index in [1.165, 1.54) is 11.1 Å². The van der Waals surface area contributed by atoms with Crippen molar-refractivity contribution < 1.29 is 9.53 Å². The van der Waals surface area contributed by atoms with Crippen LogP contribution >= 0.6 is 0 Å². The first-order chi connectivity index (χ1) is 9.75. The first-order valence-corrected chi connectivity index (χ1v) is 7.48. The first-order valence-electron chi connectivity index (χ1n) is 7.48. The minimum absolute atomic E-state index is 0.0322. The fourth-order valence-electron chi connectivity index (χ4n) is 2.43. The van der Waals surface area contributed by atoms with Gasteiger partial charge in [-0.15, -0.1) is 0 Å². The maximum absolute atomic E-state index is 11.6. The molecular formula is C18H25NO2. The molecule has 1 aromatic carbocycles. The molecule has 0 spiro atoms. The normalized spacial score (nSPS) is 16.9. The molecule has 3 nitrogen and oxygen atoms in total. The Balaban J connectivity index is 1.97. The molecule has 0 aliphatic carbocycles. The lowest BCUT2D eigenvalue weighted by molar-refractivity contribution is -0.116. The zero-order valence-electron chi connectivity index (χ0n) is 13.6. The van der Waals surface area contributed by atoms with E-state index < -0.39 is 0 Å². The average Bonchev–Trinajstić information content (AvgIpc) is 2.76. The van der Waals surface area contributed by atoms with Gasteiger partial charge in [0.2, 0.25) is 5.91 Å². The van der Waals surface area contributed by atoms with Crippen molar-refractivity contribution >= 4 is 5.91 Å². The number of allylic oxidation sites excluding steroid dienone is 1. The van der Waals surface area contributed by atoms with Crippen molar-refractivity contribution in [1.82, 2.24) is 5.32 Å². The number of hydrogen-bond acceptors (Lipinski definition) is 2. The number of ether oxygens (including phenoxy) is 1. The van der Waals surface area contributed by atoms with Gasteiger partial charge in [-0.05, 0) is 36.5 Å². The number of amides is 1.